The number of aliphatic hydroxyl groups is 1. The molecule has 0 fully saturated rings. The molecule has 0 saturated heterocycles. The fraction of sp³-hybridized carbons (Fsp3) is 0.269. The Morgan fingerprint density at radius 1 is 0.865 bits per heavy atom. The number of Topliss-reactive ketones (excluding diaryl/α,β-unsaturated/α-hetero) is 2. The standard InChI is InChI=1S/C26H24F3NO7/c1-34-23-12-8-19(30-25(23)16-3-6-18(7-4-16)37-26(27,28)29)21(33)10-9-20(32)17-5-11-22(36-14-13-31)24(15-17)35-2/h3-8,11-12,15,31H,9-10,13-14H2,1-2H3. The van der Waals surface area contributed by atoms with E-state index < -0.39 is 17.9 Å². The molecule has 0 saturated carbocycles. The average Bonchev–Trinajstić information content (AvgIpc) is 2.89. The molecule has 0 atom stereocenters. The van der Waals surface area contributed by atoms with Crippen LogP contribution in [-0.2, 0) is 0 Å². The average molecular weight is 519 g/mol. The number of halogens is 3. The monoisotopic (exact) mass is 519 g/mol. The van der Waals surface area contributed by atoms with Crippen molar-refractivity contribution >= 4 is 11.6 Å². The Hall–Kier alpha value is -4.12. The van der Waals surface area contributed by atoms with Gasteiger partial charge in [-0.15, -0.1) is 13.2 Å². The molecule has 0 aliphatic rings. The number of aromatic nitrogens is 1. The maximum Gasteiger partial charge on any atom is 0.573 e. The molecule has 1 N–H and O–H groups in total. The van der Waals surface area contributed by atoms with Crippen molar-refractivity contribution in [2.75, 3.05) is 27.4 Å². The van der Waals surface area contributed by atoms with Crippen molar-refractivity contribution in [1.29, 1.82) is 0 Å². The minimum atomic E-state index is -4.82. The Kier molecular flexibility index (Phi) is 9.07. The SMILES string of the molecule is COc1cc(C(=O)CCC(=O)c2ccc(OC)c(-c3ccc(OC(F)(F)F)cc3)n2)ccc1OCCO. The molecule has 1 heterocycles. The van der Waals surface area contributed by atoms with Gasteiger partial charge in [-0.2, -0.15) is 0 Å². The van der Waals surface area contributed by atoms with Gasteiger partial charge in [0, 0.05) is 24.0 Å². The number of ether oxygens (including phenoxy) is 4. The van der Waals surface area contributed by atoms with Gasteiger partial charge in [0.05, 0.1) is 20.8 Å². The zero-order chi connectivity index (χ0) is 27.0. The molecule has 0 amide bonds. The highest BCUT2D eigenvalue weighted by molar-refractivity contribution is 6.02. The minimum absolute atomic E-state index is 0.0699. The van der Waals surface area contributed by atoms with Crippen LogP contribution in [0.25, 0.3) is 11.3 Å². The van der Waals surface area contributed by atoms with Gasteiger partial charge in [-0.1, -0.05) is 0 Å². The summed E-state index contributed by atoms with van der Waals surface area (Å²) in [6.45, 7) is -0.106. The van der Waals surface area contributed by atoms with Crippen LogP contribution >= 0.6 is 0 Å². The molecule has 0 unspecified atom stereocenters. The highest BCUT2D eigenvalue weighted by atomic mass is 19.4. The molecule has 0 bridgehead atoms. The van der Waals surface area contributed by atoms with Crippen molar-refractivity contribution in [3.8, 4) is 34.3 Å². The Morgan fingerprint density at radius 2 is 1.51 bits per heavy atom. The van der Waals surface area contributed by atoms with Crippen molar-refractivity contribution in [3.05, 3.63) is 65.9 Å². The third kappa shape index (κ3) is 7.43. The first kappa shape index (κ1) is 27.5. The van der Waals surface area contributed by atoms with Gasteiger partial charge in [0.15, 0.2) is 23.1 Å². The van der Waals surface area contributed by atoms with E-state index in [4.69, 9.17) is 19.3 Å². The molecular formula is C26H24F3NO7. The summed E-state index contributed by atoms with van der Waals surface area (Å²) in [6, 6.07) is 12.5. The number of hydrogen-bond donors (Lipinski definition) is 1. The Balaban J connectivity index is 1.72. The molecule has 0 spiro atoms. The van der Waals surface area contributed by atoms with E-state index >= 15 is 0 Å². The summed E-state index contributed by atoms with van der Waals surface area (Å²) in [5.74, 6) is -0.0901. The first-order valence-electron chi connectivity index (χ1n) is 11.0. The Bertz CT molecular complexity index is 1240. The third-order valence-electron chi connectivity index (χ3n) is 5.14. The summed E-state index contributed by atoms with van der Waals surface area (Å²) in [5.41, 5.74) is 1.06. The smallest absolute Gasteiger partial charge is 0.494 e. The van der Waals surface area contributed by atoms with Crippen LogP contribution in [-0.4, -0.2) is 55.5 Å². The van der Waals surface area contributed by atoms with Crippen LogP contribution in [0.1, 0.15) is 33.7 Å². The zero-order valence-corrected chi connectivity index (χ0v) is 20.0. The first-order valence-corrected chi connectivity index (χ1v) is 11.0. The quantitative estimate of drug-likeness (QED) is 0.338. The molecule has 8 nitrogen and oxygen atoms in total. The Labute approximate surface area is 210 Å². The summed E-state index contributed by atoms with van der Waals surface area (Å²) in [5, 5.41) is 8.90. The molecule has 37 heavy (non-hydrogen) atoms. The zero-order valence-electron chi connectivity index (χ0n) is 20.0. The van der Waals surface area contributed by atoms with Gasteiger partial charge in [-0.3, -0.25) is 9.59 Å². The highest BCUT2D eigenvalue weighted by Crippen LogP contribution is 2.32. The van der Waals surface area contributed by atoms with Gasteiger partial charge in [0.1, 0.15) is 29.5 Å². The molecule has 1 aromatic heterocycles. The van der Waals surface area contributed by atoms with Crippen molar-refractivity contribution in [1.82, 2.24) is 4.98 Å². The number of hydrogen-bond acceptors (Lipinski definition) is 8. The van der Waals surface area contributed by atoms with E-state index in [1.165, 1.54) is 50.6 Å². The summed E-state index contributed by atoms with van der Waals surface area (Å²) in [6.07, 6.45) is -5.03. The van der Waals surface area contributed by atoms with Gasteiger partial charge in [0.25, 0.3) is 0 Å². The maximum absolute atomic E-state index is 12.8. The van der Waals surface area contributed by atoms with E-state index in [0.29, 0.717) is 28.4 Å². The minimum Gasteiger partial charge on any atom is -0.494 e. The van der Waals surface area contributed by atoms with Crippen LogP contribution in [0.5, 0.6) is 23.0 Å². The third-order valence-corrected chi connectivity index (χ3v) is 5.14. The number of alkyl halides is 3. The second-order valence-electron chi connectivity index (χ2n) is 7.60. The van der Waals surface area contributed by atoms with Crippen molar-refractivity contribution in [2.45, 2.75) is 19.2 Å². The number of ketones is 2. The van der Waals surface area contributed by atoms with Gasteiger partial charge >= 0.3 is 6.36 Å². The number of nitrogens with zero attached hydrogens (tertiary/aromatic N) is 1. The number of aliphatic hydroxyl groups excluding tert-OH is 1. The topological polar surface area (TPSA) is 104 Å². The van der Waals surface area contributed by atoms with Gasteiger partial charge in [-0.05, 0) is 54.6 Å². The summed E-state index contributed by atoms with van der Waals surface area (Å²) >= 11 is 0. The normalized spacial score (nSPS) is 11.1. The lowest BCUT2D eigenvalue weighted by Gasteiger charge is -2.12. The van der Waals surface area contributed by atoms with Crippen molar-refractivity contribution in [3.63, 3.8) is 0 Å². The van der Waals surface area contributed by atoms with Crippen LogP contribution in [0.3, 0.4) is 0 Å². The molecule has 0 aliphatic carbocycles. The summed E-state index contributed by atoms with van der Waals surface area (Å²) in [7, 11) is 2.82. The van der Waals surface area contributed by atoms with E-state index in [0.717, 1.165) is 12.1 Å². The van der Waals surface area contributed by atoms with E-state index in [-0.39, 0.29) is 43.2 Å². The van der Waals surface area contributed by atoms with Gasteiger partial charge in [-0.25, -0.2) is 4.98 Å². The lowest BCUT2D eigenvalue weighted by Crippen LogP contribution is -2.16. The fourth-order valence-corrected chi connectivity index (χ4v) is 3.40. The Morgan fingerprint density at radius 3 is 2.14 bits per heavy atom. The van der Waals surface area contributed by atoms with Crippen molar-refractivity contribution in [2.24, 2.45) is 0 Å². The van der Waals surface area contributed by atoms with Gasteiger partial charge < -0.3 is 24.1 Å². The first-order chi connectivity index (χ1) is 17.6. The van der Waals surface area contributed by atoms with Crippen LogP contribution in [0.4, 0.5) is 13.2 Å². The molecule has 11 heteroatoms. The highest BCUT2D eigenvalue weighted by Gasteiger charge is 2.31. The van der Waals surface area contributed by atoms with E-state index in [9.17, 15) is 22.8 Å². The molecule has 2 aromatic carbocycles. The number of methoxy groups -OCH3 is 2. The second-order valence-corrected chi connectivity index (χ2v) is 7.60. The predicted octanol–water partition coefficient (Wildman–Crippen LogP) is 4.88. The molecule has 3 aromatic rings. The summed E-state index contributed by atoms with van der Waals surface area (Å²) < 4.78 is 57.0. The second kappa shape index (κ2) is 12.2. The molecule has 196 valence electrons. The number of benzene rings is 2. The van der Waals surface area contributed by atoms with Crippen LogP contribution in [0.2, 0.25) is 0 Å². The number of carbonyl (C=O) groups is 2. The summed E-state index contributed by atoms with van der Waals surface area (Å²) in [4.78, 5) is 29.8. The molecule has 0 aliphatic heterocycles. The van der Waals surface area contributed by atoms with E-state index in [1.54, 1.807) is 6.07 Å². The van der Waals surface area contributed by atoms with E-state index in [2.05, 4.69) is 9.72 Å². The lowest BCUT2D eigenvalue weighted by molar-refractivity contribution is -0.274. The maximum atomic E-state index is 12.8. The number of carbonyl (C=O) groups excluding carboxylic acids is 2. The van der Waals surface area contributed by atoms with Crippen LogP contribution in [0, 0.1) is 0 Å². The van der Waals surface area contributed by atoms with Crippen LogP contribution < -0.4 is 18.9 Å². The van der Waals surface area contributed by atoms with Gasteiger partial charge in [0.2, 0.25) is 0 Å². The van der Waals surface area contributed by atoms with Crippen LogP contribution in [0.15, 0.2) is 54.6 Å². The van der Waals surface area contributed by atoms with E-state index in [1.807, 2.05) is 0 Å². The molecule has 3 rings (SSSR count). The molecule has 0 radical (unpaired) electrons. The van der Waals surface area contributed by atoms with Crippen molar-refractivity contribution < 1.29 is 46.8 Å². The molecular weight excluding hydrogens is 495 g/mol. The fourth-order valence-electron chi connectivity index (χ4n) is 3.40. The predicted molar refractivity (Wildman–Crippen MR) is 126 cm³/mol. The largest absolute Gasteiger partial charge is 0.573 e. The number of rotatable bonds is 12. The lowest BCUT2D eigenvalue weighted by atomic mass is 10.0. The number of pyridine rings is 1.